The van der Waals surface area contributed by atoms with Crippen LogP contribution in [0.4, 0.5) is 0 Å². The lowest BCUT2D eigenvalue weighted by atomic mass is 9.99. The Morgan fingerprint density at radius 1 is 1.00 bits per heavy atom. The van der Waals surface area contributed by atoms with Gasteiger partial charge in [-0.25, -0.2) is 0 Å². The summed E-state index contributed by atoms with van der Waals surface area (Å²) >= 11 is 0. The van der Waals surface area contributed by atoms with Crippen LogP contribution in [-0.4, -0.2) is 30.6 Å². The average molecular weight is 288 g/mol. The molecule has 1 saturated heterocycles. The maximum absolute atomic E-state index is 3.74. The van der Waals surface area contributed by atoms with Gasteiger partial charge in [0.15, 0.2) is 0 Å². The maximum Gasteiger partial charge on any atom is 0.0294 e. The number of hydrogen-bond acceptors (Lipinski definition) is 2. The fraction of sp³-hybridized carbons (Fsp3) is 0.684. The quantitative estimate of drug-likeness (QED) is 0.815. The van der Waals surface area contributed by atoms with E-state index in [2.05, 4.69) is 62.2 Å². The summed E-state index contributed by atoms with van der Waals surface area (Å²) in [6.45, 7) is 12.9. The molecule has 0 amide bonds. The van der Waals surface area contributed by atoms with Gasteiger partial charge in [0.05, 0.1) is 0 Å². The predicted octanol–water partition coefficient (Wildman–Crippen LogP) is 4.02. The van der Waals surface area contributed by atoms with Crippen LogP contribution in [0.15, 0.2) is 24.3 Å². The van der Waals surface area contributed by atoms with Gasteiger partial charge in [0, 0.05) is 18.6 Å². The van der Waals surface area contributed by atoms with Gasteiger partial charge in [-0.2, -0.15) is 0 Å². The fourth-order valence-corrected chi connectivity index (χ4v) is 3.34. The summed E-state index contributed by atoms with van der Waals surface area (Å²) in [5, 5.41) is 3.74. The van der Waals surface area contributed by atoms with E-state index in [0.29, 0.717) is 12.1 Å². The van der Waals surface area contributed by atoms with Crippen molar-refractivity contribution in [3.8, 4) is 0 Å². The van der Waals surface area contributed by atoms with E-state index >= 15 is 0 Å². The smallest absolute Gasteiger partial charge is 0.0294 e. The molecule has 0 radical (unpaired) electrons. The summed E-state index contributed by atoms with van der Waals surface area (Å²) in [5.74, 6) is 0.729. The molecule has 2 heteroatoms. The number of rotatable bonds is 7. The Labute approximate surface area is 130 Å². The van der Waals surface area contributed by atoms with Crippen LogP contribution in [0.5, 0.6) is 0 Å². The topological polar surface area (TPSA) is 15.3 Å². The summed E-state index contributed by atoms with van der Waals surface area (Å²) < 4.78 is 0. The minimum absolute atomic E-state index is 0.427. The van der Waals surface area contributed by atoms with Crippen molar-refractivity contribution >= 4 is 0 Å². The Bertz CT molecular complexity index is 404. The highest BCUT2D eigenvalue weighted by Gasteiger charge is 2.16. The molecule has 1 fully saturated rings. The number of hydrogen-bond donors (Lipinski definition) is 1. The van der Waals surface area contributed by atoms with Gasteiger partial charge in [-0.15, -0.1) is 0 Å². The molecule has 2 rings (SSSR count). The van der Waals surface area contributed by atoms with Gasteiger partial charge >= 0.3 is 0 Å². The van der Waals surface area contributed by atoms with Gasteiger partial charge in [-0.05, 0) is 63.2 Å². The molecule has 1 aliphatic rings. The maximum atomic E-state index is 3.74. The molecule has 1 aromatic carbocycles. The first kappa shape index (κ1) is 16.5. The monoisotopic (exact) mass is 288 g/mol. The molecule has 118 valence electrons. The van der Waals surface area contributed by atoms with Crippen molar-refractivity contribution in [1.82, 2.24) is 10.2 Å². The number of likely N-dealkylation sites (tertiary alicyclic amines) is 1. The summed E-state index contributed by atoms with van der Waals surface area (Å²) in [6.07, 6.45) is 3.92. The number of nitrogens with zero attached hydrogens (tertiary/aromatic N) is 1. The van der Waals surface area contributed by atoms with E-state index in [1.165, 1.54) is 50.0 Å². The number of nitrogens with one attached hydrogen (secondary N) is 1. The molecule has 0 saturated carbocycles. The van der Waals surface area contributed by atoms with E-state index < -0.39 is 0 Å². The molecule has 21 heavy (non-hydrogen) atoms. The molecule has 1 aliphatic heterocycles. The lowest BCUT2D eigenvalue weighted by Crippen LogP contribution is -2.39. The Kier molecular flexibility index (Phi) is 6.25. The Morgan fingerprint density at radius 3 is 2.19 bits per heavy atom. The minimum Gasteiger partial charge on any atom is -0.306 e. The highest BCUT2D eigenvalue weighted by atomic mass is 15.2. The van der Waals surface area contributed by atoms with E-state index in [1.807, 2.05) is 0 Å². The zero-order valence-electron chi connectivity index (χ0n) is 14.2. The molecule has 1 aromatic rings. The van der Waals surface area contributed by atoms with Crippen LogP contribution < -0.4 is 5.32 Å². The molecular weight excluding hydrogens is 256 g/mol. The van der Waals surface area contributed by atoms with Crippen LogP contribution in [0.25, 0.3) is 0 Å². The van der Waals surface area contributed by atoms with Crippen molar-refractivity contribution in [1.29, 1.82) is 0 Å². The third-order valence-corrected chi connectivity index (χ3v) is 4.39. The van der Waals surface area contributed by atoms with Crippen molar-refractivity contribution in [3.05, 3.63) is 35.4 Å². The third-order valence-electron chi connectivity index (χ3n) is 4.39. The molecule has 1 N–H and O–H groups in total. The second-order valence-electron chi connectivity index (χ2n) is 7.14. The van der Waals surface area contributed by atoms with Crippen LogP contribution in [0.3, 0.4) is 0 Å². The van der Waals surface area contributed by atoms with Crippen molar-refractivity contribution in [2.45, 2.75) is 59.0 Å². The first-order valence-corrected chi connectivity index (χ1v) is 8.62. The van der Waals surface area contributed by atoms with Crippen LogP contribution in [0.1, 0.15) is 57.7 Å². The molecule has 1 heterocycles. The van der Waals surface area contributed by atoms with Crippen LogP contribution in [-0.2, 0) is 6.42 Å². The minimum atomic E-state index is 0.427. The Balaban J connectivity index is 1.82. The zero-order chi connectivity index (χ0) is 15.2. The molecule has 2 nitrogen and oxygen atoms in total. The second kappa shape index (κ2) is 7.95. The first-order chi connectivity index (χ1) is 10.0. The standard InChI is InChI=1S/C19H32N2/c1-15(2)13-18-7-9-19(10-8-18)17(4)20-16(3)14-21-11-5-6-12-21/h7-10,15-17,20H,5-6,11-14H2,1-4H3. The molecule has 0 bridgehead atoms. The van der Waals surface area contributed by atoms with Gasteiger partial charge in [-0.1, -0.05) is 38.1 Å². The SMILES string of the molecule is CC(C)Cc1ccc(C(C)NC(C)CN2CCCC2)cc1. The lowest BCUT2D eigenvalue weighted by molar-refractivity contribution is 0.289. The molecule has 2 atom stereocenters. The average Bonchev–Trinajstić information content (AvgIpc) is 2.91. The third kappa shape index (κ3) is 5.44. The Hall–Kier alpha value is -0.860. The molecular formula is C19H32N2. The van der Waals surface area contributed by atoms with Gasteiger partial charge in [-0.3, -0.25) is 0 Å². The summed E-state index contributed by atoms with van der Waals surface area (Å²) in [6, 6.07) is 10.1. The molecule has 0 aromatic heterocycles. The van der Waals surface area contributed by atoms with Crippen LogP contribution in [0, 0.1) is 5.92 Å². The van der Waals surface area contributed by atoms with Crippen molar-refractivity contribution in [2.24, 2.45) is 5.92 Å². The van der Waals surface area contributed by atoms with Crippen molar-refractivity contribution in [2.75, 3.05) is 19.6 Å². The van der Waals surface area contributed by atoms with E-state index in [9.17, 15) is 0 Å². The van der Waals surface area contributed by atoms with E-state index in [-0.39, 0.29) is 0 Å². The summed E-state index contributed by atoms with van der Waals surface area (Å²) in [5.41, 5.74) is 2.85. The normalized spacial score (nSPS) is 19.1. The van der Waals surface area contributed by atoms with Crippen molar-refractivity contribution < 1.29 is 0 Å². The Morgan fingerprint density at radius 2 is 1.62 bits per heavy atom. The zero-order valence-corrected chi connectivity index (χ0v) is 14.2. The molecule has 2 unspecified atom stereocenters. The second-order valence-corrected chi connectivity index (χ2v) is 7.14. The van der Waals surface area contributed by atoms with Gasteiger partial charge < -0.3 is 10.2 Å². The summed E-state index contributed by atoms with van der Waals surface area (Å²) in [4.78, 5) is 2.58. The van der Waals surface area contributed by atoms with Gasteiger partial charge in [0.25, 0.3) is 0 Å². The van der Waals surface area contributed by atoms with E-state index in [1.54, 1.807) is 0 Å². The fourth-order valence-electron chi connectivity index (χ4n) is 3.34. The van der Waals surface area contributed by atoms with Crippen molar-refractivity contribution in [3.63, 3.8) is 0 Å². The van der Waals surface area contributed by atoms with Gasteiger partial charge in [0.2, 0.25) is 0 Å². The predicted molar refractivity (Wildman–Crippen MR) is 91.7 cm³/mol. The first-order valence-electron chi connectivity index (χ1n) is 8.62. The number of benzene rings is 1. The molecule has 0 spiro atoms. The van der Waals surface area contributed by atoms with E-state index in [4.69, 9.17) is 0 Å². The molecule has 0 aliphatic carbocycles. The summed E-state index contributed by atoms with van der Waals surface area (Å²) in [7, 11) is 0. The van der Waals surface area contributed by atoms with Crippen LogP contribution in [0.2, 0.25) is 0 Å². The lowest BCUT2D eigenvalue weighted by Gasteiger charge is -2.25. The highest BCUT2D eigenvalue weighted by molar-refractivity contribution is 5.25. The van der Waals surface area contributed by atoms with Crippen LogP contribution >= 0.6 is 0 Å². The van der Waals surface area contributed by atoms with E-state index in [0.717, 1.165) is 5.92 Å². The van der Waals surface area contributed by atoms with Gasteiger partial charge in [0.1, 0.15) is 0 Å². The largest absolute Gasteiger partial charge is 0.306 e. The highest BCUT2D eigenvalue weighted by Crippen LogP contribution is 2.16.